The Morgan fingerprint density at radius 3 is 2.71 bits per heavy atom. The first-order valence-electron chi connectivity index (χ1n) is 7.54. The van der Waals surface area contributed by atoms with Gasteiger partial charge in [-0.25, -0.2) is 4.99 Å². The molecule has 1 aromatic rings. The van der Waals surface area contributed by atoms with Crippen LogP contribution in [0.15, 0.2) is 34.4 Å². The number of oxime groups is 1. The van der Waals surface area contributed by atoms with Crippen molar-refractivity contribution in [1.29, 1.82) is 0 Å². The number of amidine groups is 1. The summed E-state index contributed by atoms with van der Waals surface area (Å²) in [5, 5.41) is 16.6. The number of phenols is 1. The highest BCUT2D eigenvalue weighted by Gasteiger charge is 1.99. The number of aromatic hydroxyl groups is 1. The number of rotatable bonds is 8. The fourth-order valence-electron chi connectivity index (χ4n) is 1.56. The molecule has 0 spiro atoms. The van der Waals surface area contributed by atoms with Crippen molar-refractivity contribution >= 4 is 12.2 Å². The molecule has 1 aromatic carbocycles. The third kappa shape index (κ3) is 7.34. The molecule has 2 N–H and O–H groups in total. The van der Waals surface area contributed by atoms with Gasteiger partial charge in [-0.2, -0.15) is 0 Å². The topological polar surface area (TPSA) is 66.2 Å². The van der Waals surface area contributed by atoms with Gasteiger partial charge in [-0.15, -0.1) is 0 Å². The van der Waals surface area contributed by atoms with Crippen LogP contribution >= 0.6 is 0 Å². The van der Waals surface area contributed by atoms with Gasteiger partial charge >= 0.3 is 6.02 Å². The number of nitrogens with zero attached hydrogens (tertiary/aromatic N) is 2. The zero-order chi connectivity index (χ0) is 15.3. The van der Waals surface area contributed by atoms with Crippen molar-refractivity contribution in [2.24, 2.45) is 10.1 Å². The minimum Gasteiger partial charge on any atom is -0.507 e. The summed E-state index contributed by atoms with van der Waals surface area (Å²) in [7, 11) is 0. The van der Waals surface area contributed by atoms with E-state index in [1.165, 1.54) is 6.21 Å². The lowest BCUT2D eigenvalue weighted by Gasteiger charge is -2.06. The van der Waals surface area contributed by atoms with Crippen molar-refractivity contribution in [3.63, 3.8) is 0 Å². The average Bonchev–Trinajstić information content (AvgIpc) is 2.49. The van der Waals surface area contributed by atoms with Crippen LogP contribution in [0.3, 0.4) is 0 Å². The van der Waals surface area contributed by atoms with Crippen LogP contribution in [0.5, 0.6) is 5.75 Å². The van der Waals surface area contributed by atoms with E-state index in [9.17, 15) is 5.11 Å². The molecule has 0 fully saturated rings. The lowest BCUT2D eigenvalue weighted by Crippen LogP contribution is -2.26. The molecule has 5 heteroatoms. The van der Waals surface area contributed by atoms with Gasteiger partial charge in [0.15, 0.2) is 0 Å². The summed E-state index contributed by atoms with van der Waals surface area (Å²) in [5.41, 5.74) is 0.610. The molecule has 0 radical (unpaired) electrons. The first-order chi connectivity index (χ1) is 10.3. The first kappa shape index (κ1) is 17.0. The fraction of sp³-hybridized carbons (Fsp3) is 0.500. The molecule has 0 amide bonds. The highest BCUT2D eigenvalue weighted by molar-refractivity contribution is 5.83. The first-order valence-corrected chi connectivity index (χ1v) is 7.54. The van der Waals surface area contributed by atoms with Gasteiger partial charge in [-0.3, -0.25) is 0 Å². The van der Waals surface area contributed by atoms with Crippen LogP contribution in [0.1, 0.15) is 45.1 Å². The molecule has 0 aliphatic carbocycles. The van der Waals surface area contributed by atoms with E-state index in [0.29, 0.717) is 11.6 Å². The average molecular weight is 291 g/mol. The van der Waals surface area contributed by atoms with Gasteiger partial charge < -0.3 is 15.3 Å². The Morgan fingerprint density at radius 1 is 1.24 bits per heavy atom. The molecule has 0 aliphatic heterocycles. The van der Waals surface area contributed by atoms with Crippen LogP contribution in [0.4, 0.5) is 0 Å². The minimum atomic E-state index is 0.174. The molecule has 0 aromatic heterocycles. The van der Waals surface area contributed by atoms with Gasteiger partial charge in [-0.05, 0) is 25.0 Å². The molecule has 0 saturated carbocycles. The normalized spacial score (nSPS) is 11.8. The molecule has 0 atom stereocenters. The van der Waals surface area contributed by atoms with Crippen molar-refractivity contribution in [2.75, 3.05) is 13.1 Å². The Balaban J connectivity index is 2.55. The van der Waals surface area contributed by atoms with Crippen LogP contribution in [-0.2, 0) is 4.84 Å². The van der Waals surface area contributed by atoms with Crippen LogP contribution in [0.2, 0.25) is 0 Å². The number of aliphatic imine (C=N–C) groups is 1. The summed E-state index contributed by atoms with van der Waals surface area (Å²) in [6, 6.07) is 7.40. The molecule has 0 bridgehead atoms. The van der Waals surface area contributed by atoms with Crippen LogP contribution in [0.25, 0.3) is 0 Å². The standard InChI is InChI=1S/C16H25N3O2/c1-3-5-11-17-16(18-12-6-4-2)21-19-13-14-9-7-8-10-15(14)20/h7-10,13,20H,3-6,11-12H2,1-2H3,(H,17,18)/b19-13+. The van der Waals surface area contributed by atoms with Crippen LogP contribution in [0, 0.1) is 0 Å². The second kappa shape index (κ2) is 10.7. The maximum atomic E-state index is 9.63. The molecule has 1 rings (SSSR count). The van der Waals surface area contributed by atoms with E-state index >= 15 is 0 Å². The summed E-state index contributed by atoms with van der Waals surface area (Å²) in [6.07, 6.45) is 5.75. The number of hydrogen-bond donors (Lipinski definition) is 2. The van der Waals surface area contributed by atoms with E-state index in [-0.39, 0.29) is 5.75 Å². The van der Waals surface area contributed by atoms with Crippen molar-refractivity contribution in [3.8, 4) is 5.75 Å². The summed E-state index contributed by atoms with van der Waals surface area (Å²) in [6.45, 7) is 5.79. The lowest BCUT2D eigenvalue weighted by atomic mass is 10.2. The van der Waals surface area contributed by atoms with Gasteiger partial charge in [-0.1, -0.05) is 44.0 Å². The summed E-state index contributed by atoms with van der Waals surface area (Å²) in [5.74, 6) is 0.174. The Hall–Kier alpha value is -2.04. The highest BCUT2D eigenvalue weighted by atomic mass is 16.6. The van der Waals surface area contributed by atoms with E-state index in [0.717, 1.165) is 38.8 Å². The number of nitrogens with one attached hydrogen (secondary N) is 1. The maximum Gasteiger partial charge on any atom is 0.314 e. The number of hydrogen-bond acceptors (Lipinski definition) is 4. The van der Waals surface area contributed by atoms with Crippen LogP contribution < -0.4 is 5.32 Å². The molecule has 0 heterocycles. The molecule has 0 unspecified atom stereocenters. The van der Waals surface area contributed by atoms with Crippen molar-refractivity contribution in [2.45, 2.75) is 39.5 Å². The van der Waals surface area contributed by atoms with Gasteiger partial charge in [0.1, 0.15) is 5.75 Å². The number of para-hydroxylation sites is 1. The van der Waals surface area contributed by atoms with Gasteiger partial charge in [0.25, 0.3) is 0 Å². The Labute approximate surface area is 126 Å². The third-order valence-corrected chi connectivity index (χ3v) is 2.84. The van der Waals surface area contributed by atoms with Crippen molar-refractivity contribution in [1.82, 2.24) is 5.32 Å². The second-order valence-corrected chi connectivity index (χ2v) is 4.71. The molecule has 0 aliphatic rings. The van der Waals surface area contributed by atoms with Gasteiger partial charge in [0.2, 0.25) is 0 Å². The zero-order valence-electron chi connectivity index (χ0n) is 12.9. The zero-order valence-corrected chi connectivity index (χ0v) is 12.9. The quantitative estimate of drug-likeness (QED) is 0.334. The summed E-state index contributed by atoms with van der Waals surface area (Å²) < 4.78 is 0. The molecular formula is C16H25N3O2. The fourth-order valence-corrected chi connectivity index (χ4v) is 1.56. The van der Waals surface area contributed by atoms with Crippen LogP contribution in [-0.4, -0.2) is 30.4 Å². The monoisotopic (exact) mass is 291 g/mol. The largest absolute Gasteiger partial charge is 0.507 e. The Morgan fingerprint density at radius 2 is 2.00 bits per heavy atom. The van der Waals surface area contributed by atoms with Gasteiger partial charge in [0.05, 0.1) is 6.21 Å². The lowest BCUT2D eigenvalue weighted by molar-refractivity contribution is 0.310. The van der Waals surface area contributed by atoms with E-state index in [1.54, 1.807) is 18.2 Å². The predicted octanol–water partition coefficient (Wildman–Crippen LogP) is 3.29. The van der Waals surface area contributed by atoms with Crippen molar-refractivity contribution in [3.05, 3.63) is 29.8 Å². The molecular weight excluding hydrogens is 266 g/mol. The predicted molar refractivity (Wildman–Crippen MR) is 86.9 cm³/mol. The van der Waals surface area contributed by atoms with Gasteiger partial charge in [0, 0.05) is 18.7 Å². The molecule has 5 nitrogen and oxygen atoms in total. The third-order valence-electron chi connectivity index (χ3n) is 2.84. The second-order valence-electron chi connectivity index (χ2n) is 4.71. The Kier molecular flexibility index (Phi) is 8.68. The molecule has 116 valence electrons. The van der Waals surface area contributed by atoms with E-state index in [4.69, 9.17) is 4.84 Å². The molecule has 0 saturated heterocycles. The van der Waals surface area contributed by atoms with E-state index < -0.39 is 0 Å². The summed E-state index contributed by atoms with van der Waals surface area (Å²) >= 11 is 0. The van der Waals surface area contributed by atoms with E-state index in [2.05, 4.69) is 29.3 Å². The Bertz CT molecular complexity index is 459. The smallest absolute Gasteiger partial charge is 0.314 e. The molecule has 21 heavy (non-hydrogen) atoms. The maximum absolute atomic E-state index is 9.63. The SMILES string of the molecule is CCCC/N=C(/NCCCC)O/N=C/c1ccccc1O. The highest BCUT2D eigenvalue weighted by Crippen LogP contribution is 2.12. The van der Waals surface area contributed by atoms with Crippen molar-refractivity contribution < 1.29 is 9.94 Å². The van der Waals surface area contributed by atoms with E-state index in [1.807, 2.05) is 6.07 Å². The minimum absolute atomic E-state index is 0.174. The summed E-state index contributed by atoms with van der Waals surface area (Å²) in [4.78, 5) is 9.64. The number of phenolic OH excluding ortho intramolecular Hbond substituents is 1. The number of unbranched alkanes of at least 4 members (excludes halogenated alkanes) is 2. The number of benzene rings is 1.